The van der Waals surface area contributed by atoms with Gasteiger partial charge in [0.15, 0.2) is 0 Å². The van der Waals surface area contributed by atoms with Crippen LogP contribution in [0.2, 0.25) is 0 Å². The largest absolute Gasteiger partial charge is 0.457 e. The van der Waals surface area contributed by atoms with Crippen LogP contribution in [0.15, 0.2) is 48.6 Å². The van der Waals surface area contributed by atoms with Gasteiger partial charge in [-0.25, -0.2) is 19.2 Å². The van der Waals surface area contributed by atoms with Crippen molar-refractivity contribution in [2.24, 2.45) is 0 Å². The van der Waals surface area contributed by atoms with Crippen LogP contribution in [0.4, 0.5) is 0 Å². The normalized spacial score (nSPS) is 12.8. The van der Waals surface area contributed by atoms with E-state index in [9.17, 15) is 19.2 Å². The number of ether oxygens (including phenoxy) is 4. The van der Waals surface area contributed by atoms with Gasteiger partial charge in [-0.3, -0.25) is 0 Å². The van der Waals surface area contributed by atoms with Crippen LogP contribution in [-0.4, -0.2) is 174 Å². The molecule has 1 unspecified atom stereocenters. The van der Waals surface area contributed by atoms with Gasteiger partial charge in [0, 0.05) is 24.3 Å². The van der Waals surface area contributed by atoms with E-state index in [1.54, 1.807) is 31.2 Å². The molecule has 0 aliphatic rings. The zero-order chi connectivity index (χ0) is 48.4. The molecule has 364 valence electrons. The van der Waals surface area contributed by atoms with Crippen molar-refractivity contribution in [3.63, 3.8) is 0 Å². The molecule has 0 aromatic carbocycles. The Labute approximate surface area is 382 Å². The average molecular weight is 885 g/mol. The Morgan fingerprint density at radius 3 is 0.839 bits per heavy atom. The van der Waals surface area contributed by atoms with E-state index in [1.165, 1.54) is 82.6 Å². The lowest BCUT2D eigenvalue weighted by Crippen LogP contribution is -2.51. The van der Waals surface area contributed by atoms with Gasteiger partial charge in [-0.2, -0.15) is 0 Å². The molecule has 0 saturated heterocycles. The summed E-state index contributed by atoms with van der Waals surface area (Å²) in [5.74, 6) is -0.946. The Morgan fingerprint density at radius 2 is 0.613 bits per heavy atom. The number of carbonyl (C=O) groups excluding carboxylic acids is 4. The minimum absolute atomic E-state index is 0.223. The van der Waals surface area contributed by atoms with E-state index in [1.807, 2.05) is 20.8 Å². The lowest BCUT2D eigenvalue weighted by atomic mass is 10.2. The summed E-state index contributed by atoms with van der Waals surface area (Å²) < 4.78 is 24.4. The van der Waals surface area contributed by atoms with Crippen molar-refractivity contribution in [2.75, 3.05) is 133 Å². The summed E-state index contributed by atoms with van der Waals surface area (Å²) >= 11 is 0. The molecule has 0 aromatic rings. The molecule has 0 aliphatic heterocycles. The molecule has 0 spiro atoms. The first-order valence-corrected chi connectivity index (χ1v) is 23.9. The summed E-state index contributed by atoms with van der Waals surface area (Å²) in [6.45, 7) is 43.0. The third kappa shape index (κ3) is 37.3. The van der Waals surface area contributed by atoms with Crippen molar-refractivity contribution in [3.05, 3.63) is 48.6 Å². The fourth-order valence-electron chi connectivity index (χ4n) is 6.86. The van der Waals surface area contributed by atoms with Crippen LogP contribution >= 0.6 is 0 Å². The van der Waals surface area contributed by atoms with Gasteiger partial charge in [0.05, 0.1) is 80.0 Å². The first-order valence-electron chi connectivity index (χ1n) is 23.9. The highest BCUT2D eigenvalue weighted by Crippen LogP contribution is 2.12. The second-order valence-corrected chi connectivity index (χ2v) is 16.7. The topological polar surface area (TPSA) is 105 Å². The molecule has 0 N–H and O–H groups in total. The molecule has 1 atom stereocenters. The zero-order valence-electron chi connectivity index (χ0n) is 43.2. The highest BCUT2D eigenvalue weighted by atomic mass is 16.5. The van der Waals surface area contributed by atoms with Crippen molar-refractivity contribution >= 4 is 23.9 Å². The predicted molar refractivity (Wildman–Crippen MR) is 259 cm³/mol. The minimum atomic E-state index is -0.258. The SMILES string of the molecule is C/C=C/C(=O)OCC[N+](C)(C)C.C/C=C/C(=O)OCC[N+](CC)(CC)CC.C/C=C/C(=O)OCC[N+](CC)(CCC)CCC.C/C=C/C(=O)OCC[N+](CC)(CCC)CCCC. The van der Waals surface area contributed by atoms with Gasteiger partial charge in [0.2, 0.25) is 0 Å². The second-order valence-electron chi connectivity index (χ2n) is 16.7. The lowest BCUT2D eigenvalue weighted by Gasteiger charge is -2.37. The highest BCUT2D eigenvalue weighted by molar-refractivity contribution is 5.82. The predicted octanol–water partition coefficient (Wildman–Crippen LogP) is 8.71. The van der Waals surface area contributed by atoms with Gasteiger partial charge >= 0.3 is 23.9 Å². The van der Waals surface area contributed by atoms with Crippen LogP contribution in [-0.2, 0) is 38.1 Å². The molecule has 12 nitrogen and oxygen atoms in total. The van der Waals surface area contributed by atoms with Crippen LogP contribution in [0.5, 0.6) is 0 Å². The molecule has 0 aliphatic carbocycles. The Hall–Kier alpha value is -3.32. The average Bonchev–Trinajstić information content (AvgIpc) is 3.22. The lowest BCUT2D eigenvalue weighted by molar-refractivity contribution is -0.926. The van der Waals surface area contributed by atoms with Crippen LogP contribution in [0.3, 0.4) is 0 Å². The Kier molecular flexibility index (Phi) is 43.9. The number of hydrogen-bond acceptors (Lipinski definition) is 8. The number of likely N-dealkylation sites (N-methyl/N-ethyl adjacent to an activating group) is 4. The number of quaternary nitrogens is 4. The van der Waals surface area contributed by atoms with E-state index in [0.29, 0.717) is 26.4 Å². The first kappa shape index (κ1) is 65.3. The number of carbonyl (C=O) groups is 4. The second kappa shape index (κ2) is 41.7. The number of allylic oxidation sites excluding steroid dienone is 4. The Balaban J connectivity index is -0.000000365. The van der Waals surface area contributed by atoms with Crippen LogP contribution < -0.4 is 0 Å². The van der Waals surface area contributed by atoms with E-state index < -0.39 is 0 Å². The molecule has 12 heteroatoms. The van der Waals surface area contributed by atoms with Crippen molar-refractivity contribution in [2.45, 2.75) is 122 Å². The van der Waals surface area contributed by atoms with Crippen molar-refractivity contribution < 1.29 is 56.1 Å². The smallest absolute Gasteiger partial charge is 0.330 e. The highest BCUT2D eigenvalue weighted by Gasteiger charge is 2.25. The summed E-state index contributed by atoms with van der Waals surface area (Å²) in [5, 5.41) is 0. The molecule has 0 amide bonds. The summed E-state index contributed by atoms with van der Waals surface area (Å²) in [4.78, 5) is 44.4. The molecular weight excluding hydrogens is 785 g/mol. The summed E-state index contributed by atoms with van der Waals surface area (Å²) in [6, 6.07) is 0. The monoisotopic (exact) mass is 885 g/mol. The Bertz CT molecular complexity index is 1220. The molecular formula is C50H100N4O8+4. The maximum atomic E-state index is 11.3. The quantitative estimate of drug-likeness (QED) is 0.0306. The summed E-state index contributed by atoms with van der Waals surface area (Å²) in [5.41, 5.74) is 0. The summed E-state index contributed by atoms with van der Waals surface area (Å²) in [7, 11) is 6.18. The molecule has 62 heavy (non-hydrogen) atoms. The van der Waals surface area contributed by atoms with Gasteiger partial charge in [-0.1, -0.05) is 58.4 Å². The molecule has 0 radical (unpaired) electrons. The molecule has 0 bridgehead atoms. The molecule has 0 fully saturated rings. The molecule has 0 aromatic heterocycles. The van der Waals surface area contributed by atoms with Crippen LogP contribution in [0.1, 0.15) is 122 Å². The van der Waals surface area contributed by atoms with Crippen molar-refractivity contribution in [3.8, 4) is 0 Å². The number of esters is 4. The van der Waals surface area contributed by atoms with Gasteiger partial charge < -0.3 is 36.9 Å². The fraction of sp³-hybridized carbons (Fsp3) is 0.760. The number of nitrogens with zero attached hydrogens (tertiary/aromatic N) is 4. The van der Waals surface area contributed by atoms with E-state index in [4.69, 9.17) is 18.9 Å². The van der Waals surface area contributed by atoms with Gasteiger partial charge in [-0.15, -0.1) is 0 Å². The standard InChI is InChI=1S/C15H30NO2.C14H28NO2.C12H24NO2.C9H18NO2/c1-5-9-12-16(8-4,11-7-3)13-14-18-15(17)10-6-2;1-5-9-14(16)17-13-12-15(8-4,10-6-2)11-7-3;1-5-9-12(14)15-11-10-13(6-2,7-3)8-4;1-5-6-9(11)12-8-7-10(2,3)4/h6,10H,5,7-9,11-14H2,1-4H3;5,9H,6-8,10-13H2,1-4H3;5,9H,6-8,10-11H2,1-4H3;5-6H,7-8H2,1-4H3/q4*+1/b10-6+;2*9-5+;6-5+. The maximum Gasteiger partial charge on any atom is 0.330 e. The van der Waals surface area contributed by atoms with Crippen LogP contribution in [0, 0.1) is 0 Å². The van der Waals surface area contributed by atoms with E-state index in [0.717, 1.165) is 76.8 Å². The third-order valence-corrected chi connectivity index (χ3v) is 11.1. The maximum absolute atomic E-state index is 11.3. The molecule has 0 saturated carbocycles. The van der Waals surface area contributed by atoms with Crippen molar-refractivity contribution in [1.82, 2.24) is 0 Å². The molecule has 0 rings (SSSR count). The zero-order valence-corrected chi connectivity index (χ0v) is 43.2. The number of unbranched alkanes of at least 4 members (excludes halogenated alkanes) is 1. The third-order valence-electron chi connectivity index (χ3n) is 11.1. The van der Waals surface area contributed by atoms with Crippen LogP contribution in [0.25, 0.3) is 0 Å². The van der Waals surface area contributed by atoms with Gasteiger partial charge in [-0.05, 0) is 88.0 Å². The minimum Gasteiger partial charge on any atom is -0.457 e. The van der Waals surface area contributed by atoms with E-state index in [-0.39, 0.29) is 23.9 Å². The van der Waals surface area contributed by atoms with Crippen molar-refractivity contribution in [1.29, 1.82) is 0 Å². The summed E-state index contributed by atoms with van der Waals surface area (Å²) in [6.07, 6.45) is 18.6. The molecule has 0 heterocycles. The van der Waals surface area contributed by atoms with Gasteiger partial charge in [0.1, 0.15) is 52.6 Å². The fourth-order valence-corrected chi connectivity index (χ4v) is 6.86. The van der Waals surface area contributed by atoms with E-state index >= 15 is 0 Å². The van der Waals surface area contributed by atoms with Gasteiger partial charge in [0.25, 0.3) is 0 Å². The van der Waals surface area contributed by atoms with E-state index in [2.05, 4.69) is 83.5 Å². The Morgan fingerprint density at radius 1 is 0.355 bits per heavy atom. The number of hydrogen-bond donors (Lipinski definition) is 0. The first-order chi connectivity index (χ1) is 29.4. The number of rotatable bonds is 30.